The van der Waals surface area contributed by atoms with Gasteiger partial charge in [0.2, 0.25) is 5.78 Å². The highest BCUT2D eigenvalue weighted by molar-refractivity contribution is 7.99. The summed E-state index contributed by atoms with van der Waals surface area (Å²) >= 11 is 1.76. The quantitative estimate of drug-likeness (QED) is 0.784. The van der Waals surface area contributed by atoms with E-state index in [4.69, 9.17) is 4.74 Å². The molecule has 1 atom stereocenters. The lowest BCUT2D eigenvalue weighted by atomic mass is 9.96. The molecule has 1 aromatic carbocycles. The van der Waals surface area contributed by atoms with E-state index in [2.05, 4.69) is 6.07 Å². The Morgan fingerprint density at radius 3 is 3.06 bits per heavy atom. The molecule has 2 nitrogen and oxygen atoms in total. The second-order valence-corrected chi connectivity index (χ2v) is 5.03. The molecule has 82 valence electrons. The van der Waals surface area contributed by atoms with Crippen LogP contribution in [0.25, 0.3) is 0 Å². The Morgan fingerprint density at radius 2 is 2.25 bits per heavy atom. The van der Waals surface area contributed by atoms with E-state index in [0.717, 1.165) is 17.7 Å². The van der Waals surface area contributed by atoms with Crippen molar-refractivity contribution in [1.82, 2.24) is 0 Å². The number of carbonyl (C=O) groups excluding carboxylic acids is 1. The standard InChI is InChI=1S/C13H12O2S/c14-13(11-5-3-7-15-11)10-8-16-12-6-2-1-4-9(10)12/h1-2,4-6,10H,3,7-8H2. The number of carbonyl (C=O) groups is 1. The van der Waals surface area contributed by atoms with E-state index in [1.807, 2.05) is 24.3 Å². The summed E-state index contributed by atoms with van der Waals surface area (Å²) in [6.45, 7) is 0.655. The Hall–Kier alpha value is -1.22. The minimum absolute atomic E-state index is 0.00875. The average Bonchev–Trinajstić information content (AvgIpc) is 2.98. The monoisotopic (exact) mass is 232 g/mol. The first-order valence-corrected chi connectivity index (χ1v) is 6.44. The van der Waals surface area contributed by atoms with Crippen LogP contribution in [0.5, 0.6) is 0 Å². The molecule has 0 aliphatic carbocycles. The third kappa shape index (κ3) is 1.55. The lowest BCUT2D eigenvalue weighted by Gasteiger charge is -2.10. The minimum atomic E-state index is -0.00875. The summed E-state index contributed by atoms with van der Waals surface area (Å²) in [5, 5.41) is 0. The number of ketones is 1. The molecule has 0 aromatic heterocycles. The molecular weight excluding hydrogens is 220 g/mol. The maximum atomic E-state index is 12.2. The molecule has 0 N–H and O–H groups in total. The Morgan fingerprint density at radius 1 is 1.38 bits per heavy atom. The molecule has 2 aliphatic rings. The molecule has 1 aromatic rings. The lowest BCUT2D eigenvalue weighted by Crippen LogP contribution is -2.14. The highest BCUT2D eigenvalue weighted by Gasteiger charge is 2.32. The van der Waals surface area contributed by atoms with E-state index in [9.17, 15) is 4.79 Å². The van der Waals surface area contributed by atoms with Gasteiger partial charge in [0.1, 0.15) is 0 Å². The van der Waals surface area contributed by atoms with Crippen molar-refractivity contribution in [1.29, 1.82) is 0 Å². The van der Waals surface area contributed by atoms with Gasteiger partial charge in [0.05, 0.1) is 12.5 Å². The highest BCUT2D eigenvalue weighted by Crippen LogP contribution is 2.41. The molecule has 2 aliphatic heterocycles. The van der Waals surface area contributed by atoms with E-state index < -0.39 is 0 Å². The molecule has 0 saturated heterocycles. The predicted molar refractivity (Wildman–Crippen MR) is 63.6 cm³/mol. The van der Waals surface area contributed by atoms with Gasteiger partial charge in [-0.3, -0.25) is 4.79 Å². The van der Waals surface area contributed by atoms with Crippen LogP contribution in [0.3, 0.4) is 0 Å². The molecular formula is C13H12O2S. The zero-order chi connectivity index (χ0) is 11.0. The number of hydrogen-bond donors (Lipinski definition) is 0. The van der Waals surface area contributed by atoms with E-state index >= 15 is 0 Å². The molecule has 16 heavy (non-hydrogen) atoms. The Kier molecular flexibility index (Phi) is 2.48. The smallest absolute Gasteiger partial charge is 0.205 e. The third-order valence-corrected chi connectivity index (χ3v) is 4.15. The van der Waals surface area contributed by atoms with Gasteiger partial charge < -0.3 is 4.74 Å². The highest BCUT2D eigenvalue weighted by atomic mass is 32.2. The third-order valence-electron chi connectivity index (χ3n) is 2.96. The van der Waals surface area contributed by atoms with Crippen molar-refractivity contribution in [2.45, 2.75) is 17.2 Å². The second kappa shape index (κ2) is 3.98. The van der Waals surface area contributed by atoms with Crippen molar-refractivity contribution in [2.75, 3.05) is 12.4 Å². The van der Waals surface area contributed by atoms with Crippen LogP contribution in [-0.4, -0.2) is 18.1 Å². The Labute approximate surface area is 98.7 Å². The van der Waals surface area contributed by atoms with Gasteiger partial charge in [-0.1, -0.05) is 18.2 Å². The molecule has 1 unspecified atom stereocenters. The maximum Gasteiger partial charge on any atom is 0.205 e. The van der Waals surface area contributed by atoms with E-state index in [-0.39, 0.29) is 11.7 Å². The van der Waals surface area contributed by atoms with Crippen LogP contribution in [0.1, 0.15) is 17.9 Å². The van der Waals surface area contributed by atoms with Gasteiger partial charge in [-0.2, -0.15) is 0 Å². The number of rotatable bonds is 2. The molecule has 0 radical (unpaired) electrons. The van der Waals surface area contributed by atoms with Crippen LogP contribution in [0.15, 0.2) is 41.0 Å². The topological polar surface area (TPSA) is 26.3 Å². The van der Waals surface area contributed by atoms with Gasteiger partial charge in [-0.15, -0.1) is 11.8 Å². The van der Waals surface area contributed by atoms with Crippen molar-refractivity contribution < 1.29 is 9.53 Å². The molecule has 3 rings (SSSR count). The fourth-order valence-corrected chi connectivity index (χ4v) is 3.37. The van der Waals surface area contributed by atoms with Gasteiger partial charge in [0.25, 0.3) is 0 Å². The van der Waals surface area contributed by atoms with Crippen molar-refractivity contribution in [3.8, 4) is 0 Å². The molecule has 0 fully saturated rings. The number of fused-ring (bicyclic) bond motifs is 1. The summed E-state index contributed by atoms with van der Waals surface area (Å²) in [4.78, 5) is 13.4. The first-order chi connectivity index (χ1) is 7.86. The van der Waals surface area contributed by atoms with Gasteiger partial charge >= 0.3 is 0 Å². The maximum absolute atomic E-state index is 12.2. The summed E-state index contributed by atoms with van der Waals surface area (Å²) in [5.74, 6) is 1.56. The van der Waals surface area contributed by atoms with E-state index in [1.54, 1.807) is 11.8 Å². The molecule has 0 bridgehead atoms. The number of ether oxygens (including phenoxy) is 1. The van der Waals surface area contributed by atoms with Gasteiger partial charge in [-0.25, -0.2) is 0 Å². The lowest BCUT2D eigenvalue weighted by molar-refractivity contribution is -0.119. The minimum Gasteiger partial charge on any atom is -0.490 e. The number of benzene rings is 1. The van der Waals surface area contributed by atoms with Crippen molar-refractivity contribution in [3.63, 3.8) is 0 Å². The van der Waals surface area contributed by atoms with Crippen LogP contribution in [-0.2, 0) is 9.53 Å². The van der Waals surface area contributed by atoms with Crippen molar-refractivity contribution in [3.05, 3.63) is 41.7 Å². The zero-order valence-electron chi connectivity index (χ0n) is 8.81. The Balaban J connectivity index is 1.90. The number of allylic oxidation sites excluding steroid dienone is 1. The molecule has 0 amide bonds. The van der Waals surface area contributed by atoms with E-state index in [1.165, 1.54) is 4.90 Å². The first-order valence-electron chi connectivity index (χ1n) is 5.45. The van der Waals surface area contributed by atoms with Crippen LogP contribution in [0.2, 0.25) is 0 Å². The first kappa shape index (κ1) is 9.97. The van der Waals surface area contributed by atoms with Gasteiger partial charge in [-0.05, 0) is 17.7 Å². The molecule has 0 saturated carbocycles. The largest absolute Gasteiger partial charge is 0.490 e. The SMILES string of the molecule is O=C(C1=CCCO1)C1CSc2ccccc21. The summed E-state index contributed by atoms with van der Waals surface area (Å²) in [7, 11) is 0. The van der Waals surface area contributed by atoms with Crippen molar-refractivity contribution >= 4 is 17.5 Å². The number of thioether (sulfide) groups is 1. The summed E-state index contributed by atoms with van der Waals surface area (Å²) in [6.07, 6.45) is 2.77. The summed E-state index contributed by atoms with van der Waals surface area (Å²) in [6, 6.07) is 8.14. The summed E-state index contributed by atoms with van der Waals surface area (Å²) in [5.41, 5.74) is 1.16. The van der Waals surface area contributed by atoms with Crippen LogP contribution in [0.4, 0.5) is 0 Å². The van der Waals surface area contributed by atoms with Gasteiger partial charge in [0, 0.05) is 17.1 Å². The van der Waals surface area contributed by atoms with Crippen LogP contribution in [0, 0.1) is 0 Å². The van der Waals surface area contributed by atoms with Crippen molar-refractivity contribution in [2.24, 2.45) is 0 Å². The predicted octanol–water partition coefficient (Wildman–Crippen LogP) is 2.75. The zero-order valence-corrected chi connectivity index (χ0v) is 9.63. The van der Waals surface area contributed by atoms with Crippen LogP contribution >= 0.6 is 11.8 Å². The molecule has 3 heteroatoms. The average molecular weight is 232 g/mol. The molecule has 0 spiro atoms. The summed E-state index contributed by atoms with van der Waals surface area (Å²) < 4.78 is 5.34. The number of Topliss-reactive ketones (excluding diaryl/α,β-unsaturated/α-hetero) is 1. The van der Waals surface area contributed by atoms with E-state index in [0.29, 0.717) is 12.4 Å². The number of hydrogen-bond acceptors (Lipinski definition) is 3. The fourth-order valence-electron chi connectivity index (χ4n) is 2.14. The second-order valence-electron chi connectivity index (χ2n) is 3.97. The van der Waals surface area contributed by atoms with Crippen LogP contribution < -0.4 is 0 Å². The van der Waals surface area contributed by atoms with Gasteiger partial charge in [0.15, 0.2) is 5.76 Å². The normalized spacial score (nSPS) is 22.5. The molecule has 2 heterocycles. The fraction of sp³-hybridized carbons (Fsp3) is 0.308. The Bertz CT molecular complexity index is 465.